The first-order valence-electron chi connectivity index (χ1n) is 9.12. The Balaban J connectivity index is 1.80. The van der Waals surface area contributed by atoms with Crippen molar-refractivity contribution in [3.63, 3.8) is 0 Å². The molecule has 0 spiro atoms. The van der Waals surface area contributed by atoms with Gasteiger partial charge in [0.05, 0.1) is 5.69 Å². The maximum atomic E-state index is 4.90. The van der Waals surface area contributed by atoms with Crippen molar-refractivity contribution in [2.45, 2.75) is 13.3 Å². The predicted octanol–water partition coefficient (Wildman–Crippen LogP) is 3.31. The van der Waals surface area contributed by atoms with E-state index in [1.807, 2.05) is 12.1 Å². The van der Waals surface area contributed by atoms with Crippen LogP contribution in [0.5, 0.6) is 0 Å². The molecule has 0 radical (unpaired) electrons. The third-order valence-corrected chi connectivity index (χ3v) is 4.66. The second-order valence-corrected chi connectivity index (χ2v) is 6.63. The highest BCUT2D eigenvalue weighted by Gasteiger charge is 2.15. The van der Waals surface area contributed by atoms with Gasteiger partial charge in [-0.15, -0.1) is 0 Å². The Bertz CT molecular complexity index is 853. The average Bonchev–Trinajstić information content (AvgIpc) is 2.98. The Morgan fingerprint density at radius 2 is 1.69 bits per heavy atom. The molecule has 1 N–H and O–H groups in total. The van der Waals surface area contributed by atoms with Gasteiger partial charge in [0.25, 0.3) is 0 Å². The third-order valence-electron chi connectivity index (χ3n) is 4.66. The molecule has 1 aromatic carbocycles. The lowest BCUT2D eigenvalue weighted by Crippen LogP contribution is -2.28. The number of aryl methyl sites for hydroxylation is 1. The number of nitrogens with one attached hydrogen (secondary N) is 1. The van der Waals surface area contributed by atoms with E-state index in [-0.39, 0.29) is 0 Å². The first kappa shape index (κ1) is 16.7. The van der Waals surface area contributed by atoms with Gasteiger partial charge in [-0.3, -0.25) is 4.98 Å². The number of pyridine rings is 1. The van der Waals surface area contributed by atoms with Crippen LogP contribution < -0.4 is 10.2 Å². The number of hydrogen-bond donors (Lipinski definition) is 1. The lowest BCUT2D eigenvalue weighted by molar-refractivity contribution is 0.724. The van der Waals surface area contributed by atoms with Crippen molar-refractivity contribution in [2.24, 2.45) is 0 Å². The molecule has 5 nitrogen and oxygen atoms in total. The van der Waals surface area contributed by atoms with Crippen molar-refractivity contribution in [1.82, 2.24) is 20.3 Å². The van der Waals surface area contributed by atoms with E-state index in [2.05, 4.69) is 52.5 Å². The van der Waals surface area contributed by atoms with E-state index in [0.717, 1.165) is 61.1 Å². The van der Waals surface area contributed by atoms with Crippen molar-refractivity contribution in [3.8, 4) is 22.6 Å². The molecule has 26 heavy (non-hydrogen) atoms. The van der Waals surface area contributed by atoms with Gasteiger partial charge in [0.1, 0.15) is 5.82 Å². The molecule has 4 rings (SSSR count). The first-order valence-corrected chi connectivity index (χ1v) is 9.12. The Morgan fingerprint density at radius 1 is 0.885 bits per heavy atom. The number of benzene rings is 1. The topological polar surface area (TPSA) is 53.9 Å². The molecule has 0 bridgehead atoms. The molecule has 0 atom stereocenters. The van der Waals surface area contributed by atoms with Gasteiger partial charge < -0.3 is 10.2 Å². The van der Waals surface area contributed by atoms with Gasteiger partial charge in [-0.05, 0) is 32.0 Å². The van der Waals surface area contributed by atoms with E-state index in [1.165, 1.54) is 5.56 Å². The second-order valence-electron chi connectivity index (χ2n) is 6.63. The summed E-state index contributed by atoms with van der Waals surface area (Å²) in [5.74, 6) is 1.76. The van der Waals surface area contributed by atoms with Gasteiger partial charge in [-0.2, -0.15) is 0 Å². The zero-order valence-electron chi connectivity index (χ0n) is 15.0. The van der Waals surface area contributed by atoms with E-state index in [1.54, 1.807) is 12.4 Å². The van der Waals surface area contributed by atoms with E-state index >= 15 is 0 Å². The Hall–Kier alpha value is -2.79. The zero-order chi connectivity index (χ0) is 17.8. The summed E-state index contributed by atoms with van der Waals surface area (Å²) >= 11 is 0. The van der Waals surface area contributed by atoms with Crippen LogP contribution in [-0.2, 0) is 0 Å². The van der Waals surface area contributed by atoms with Crippen molar-refractivity contribution in [3.05, 3.63) is 60.4 Å². The standard InChI is InChI=1S/C21H23N5/c1-16-3-5-18(6-4-16)21-24-19(17-7-10-23-11-8-17)15-20(25-21)26-13-2-9-22-12-14-26/h3-8,10-11,15,22H,2,9,12-14H2,1H3. The van der Waals surface area contributed by atoms with Crippen molar-refractivity contribution >= 4 is 5.82 Å². The quantitative estimate of drug-likeness (QED) is 0.789. The molecule has 1 saturated heterocycles. The van der Waals surface area contributed by atoms with Crippen LogP contribution in [0.2, 0.25) is 0 Å². The minimum absolute atomic E-state index is 0.770. The summed E-state index contributed by atoms with van der Waals surface area (Å²) in [7, 11) is 0. The van der Waals surface area contributed by atoms with E-state index < -0.39 is 0 Å². The normalized spacial score (nSPS) is 14.9. The molecule has 1 fully saturated rings. The fourth-order valence-corrected chi connectivity index (χ4v) is 3.17. The molecular formula is C21H23N5. The summed E-state index contributed by atoms with van der Waals surface area (Å²) in [6.45, 7) is 6.10. The summed E-state index contributed by atoms with van der Waals surface area (Å²) in [6, 6.07) is 14.5. The van der Waals surface area contributed by atoms with Crippen LogP contribution in [0.15, 0.2) is 54.9 Å². The fraction of sp³-hybridized carbons (Fsp3) is 0.286. The van der Waals surface area contributed by atoms with Crippen LogP contribution >= 0.6 is 0 Å². The van der Waals surface area contributed by atoms with Gasteiger partial charge in [0.15, 0.2) is 5.82 Å². The van der Waals surface area contributed by atoms with Crippen LogP contribution in [0.4, 0.5) is 5.82 Å². The largest absolute Gasteiger partial charge is 0.355 e. The Morgan fingerprint density at radius 3 is 2.50 bits per heavy atom. The predicted molar refractivity (Wildman–Crippen MR) is 105 cm³/mol. The number of aromatic nitrogens is 3. The van der Waals surface area contributed by atoms with Crippen LogP contribution in [0.3, 0.4) is 0 Å². The minimum atomic E-state index is 0.770. The van der Waals surface area contributed by atoms with Gasteiger partial charge >= 0.3 is 0 Å². The van der Waals surface area contributed by atoms with Gasteiger partial charge in [0.2, 0.25) is 0 Å². The Labute approximate surface area is 154 Å². The van der Waals surface area contributed by atoms with Gasteiger partial charge in [-0.1, -0.05) is 29.8 Å². The number of nitrogens with zero attached hydrogens (tertiary/aromatic N) is 4. The molecule has 0 unspecified atom stereocenters. The van der Waals surface area contributed by atoms with E-state index in [4.69, 9.17) is 9.97 Å². The third kappa shape index (κ3) is 3.73. The Kier molecular flexibility index (Phi) is 4.88. The highest BCUT2D eigenvalue weighted by molar-refractivity contribution is 5.67. The van der Waals surface area contributed by atoms with Gasteiger partial charge in [0, 0.05) is 49.2 Å². The molecule has 1 aliphatic heterocycles. The summed E-state index contributed by atoms with van der Waals surface area (Å²) in [4.78, 5) is 16.2. The summed E-state index contributed by atoms with van der Waals surface area (Å²) < 4.78 is 0. The monoisotopic (exact) mass is 345 g/mol. The molecule has 3 heterocycles. The molecule has 0 saturated carbocycles. The lowest BCUT2D eigenvalue weighted by Gasteiger charge is -2.22. The summed E-state index contributed by atoms with van der Waals surface area (Å²) in [5, 5.41) is 3.45. The summed E-state index contributed by atoms with van der Waals surface area (Å²) in [6.07, 6.45) is 4.73. The van der Waals surface area contributed by atoms with Crippen LogP contribution in [-0.4, -0.2) is 41.1 Å². The number of hydrogen-bond acceptors (Lipinski definition) is 5. The molecule has 2 aromatic heterocycles. The molecule has 5 heteroatoms. The van der Waals surface area contributed by atoms with Crippen molar-refractivity contribution in [2.75, 3.05) is 31.1 Å². The second kappa shape index (κ2) is 7.62. The molecule has 0 amide bonds. The SMILES string of the molecule is Cc1ccc(-c2nc(-c3ccncc3)cc(N3CCCNCC3)n2)cc1. The fourth-order valence-electron chi connectivity index (χ4n) is 3.17. The highest BCUT2D eigenvalue weighted by atomic mass is 15.2. The molecule has 132 valence electrons. The first-order chi connectivity index (χ1) is 12.8. The van der Waals surface area contributed by atoms with Crippen LogP contribution in [0.25, 0.3) is 22.6 Å². The lowest BCUT2D eigenvalue weighted by atomic mass is 10.1. The molecule has 1 aliphatic rings. The van der Waals surface area contributed by atoms with Crippen LogP contribution in [0, 0.1) is 6.92 Å². The number of rotatable bonds is 3. The van der Waals surface area contributed by atoms with Crippen molar-refractivity contribution < 1.29 is 0 Å². The minimum Gasteiger partial charge on any atom is -0.355 e. The molecule has 0 aliphatic carbocycles. The maximum Gasteiger partial charge on any atom is 0.162 e. The highest BCUT2D eigenvalue weighted by Crippen LogP contribution is 2.26. The van der Waals surface area contributed by atoms with Crippen LogP contribution in [0.1, 0.15) is 12.0 Å². The zero-order valence-corrected chi connectivity index (χ0v) is 15.0. The summed E-state index contributed by atoms with van der Waals surface area (Å²) in [5.41, 5.74) is 4.27. The smallest absolute Gasteiger partial charge is 0.162 e. The van der Waals surface area contributed by atoms with Gasteiger partial charge in [-0.25, -0.2) is 9.97 Å². The molecular weight excluding hydrogens is 322 g/mol. The maximum absolute atomic E-state index is 4.90. The average molecular weight is 345 g/mol. The van der Waals surface area contributed by atoms with E-state index in [0.29, 0.717) is 0 Å². The van der Waals surface area contributed by atoms with E-state index in [9.17, 15) is 0 Å². The number of anilines is 1. The van der Waals surface area contributed by atoms with Crippen molar-refractivity contribution in [1.29, 1.82) is 0 Å². The molecule has 3 aromatic rings.